The molecule has 1 N–H and O–H groups in total. The molecule has 26 heavy (non-hydrogen) atoms. The van der Waals surface area contributed by atoms with Crippen LogP contribution in [0.1, 0.15) is 58.9 Å². The fourth-order valence-corrected chi connectivity index (χ4v) is 4.18. The van der Waals surface area contributed by atoms with Crippen molar-refractivity contribution in [3.63, 3.8) is 0 Å². The van der Waals surface area contributed by atoms with Crippen molar-refractivity contribution in [1.29, 1.82) is 0 Å². The van der Waals surface area contributed by atoms with Gasteiger partial charge in [-0.25, -0.2) is 9.59 Å². The van der Waals surface area contributed by atoms with E-state index in [0.717, 1.165) is 18.4 Å². The summed E-state index contributed by atoms with van der Waals surface area (Å²) in [5, 5.41) is 10.1. The van der Waals surface area contributed by atoms with Gasteiger partial charge in [0.05, 0.1) is 0 Å². The van der Waals surface area contributed by atoms with E-state index in [0.29, 0.717) is 19.4 Å². The van der Waals surface area contributed by atoms with Gasteiger partial charge in [0, 0.05) is 6.54 Å². The van der Waals surface area contributed by atoms with Gasteiger partial charge in [0.1, 0.15) is 12.1 Å². The summed E-state index contributed by atoms with van der Waals surface area (Å²) < 4.78 is 5.50. The Labute approximate surface area is 156 Å². The first-order chi connectivity index (χ1) is 12.2. The van der Waals surface area contributed by atoms with Crippen molar-refractivity contribution >= 4 is 12.1 Å². The van der Waals surface area contributed by atoms with Crippen LogP contribution in [0.5, 0.6) is 0 Å². The van der Waals surface area contributed by atoms with Crippen molar-refractivity contribution in [3.8, 4) is 0 Å². The van der Waals surface area contributed by atoms with Crippen molar-refractivity contribution in [2.45, 2.75) is 65.5 Å². The normalized spacial score (nSPS) is 24.7. The van der Waals surface area contributed by atoms with Crippen molar-refractivity contribution in [3.05, 3.63) is 35.9 Å². The first kappa shape index (κ1) is 20.3. The Kier molecular flexibility index (Phi) is 6.32. The molecule has 0 aliphatic heterocycles. The zero-order chi connectivity index (χ0) is 19.4. The number of carboxylic acids is 1. The fraction of sp³-hybridized carbons (Fsp3) is 0.619. The summed E-state index contributed by atoms with van der Waals surface area (Å²) in [6.45, 7) is 8.74. The molecule has 0 radical (unpaired) electrons. The Hall–Kier alpha value is -2.04. The zero-order valence-corrected chi connectivity index (χ0v) is 16.3. The highest BCUT2D eigenvalue weighted by Gasteiger charge is 2.55. The maximum absolute atomic E-state index is 12.9. The average molecular weight is 361 g/mol. The minimum absolute atomic E-state index is 0.0875. The highest BCUT2D eigenvalue weighted by Crippen LogP contribution is 2.47. The van der Waals surface area contributed by atoms with Crippen LogP contribution in [0.2, 0.25) is 0 Å². The van der Waals surface area contributed by atoms with E-state index in [4.69, 9.17) is 4.74 Å². The Morgan fingerprint density at radius 3 is 2.42 bits per heavy atom. The molecule has 5 nitrogen and oxygen atoms in total. The lowest BCUT2D eigenvalue weighted by Gasteiger charge is -2.50. The molecule has 0 saturated heterocycles. The number of nitrogens with zero attached hydrogens (tertiary/aromatic N) is 1. The van der Waals surface area contributed by atoms with Gasteiger partial charge < -0.3 is 9.84 Å². The fourth-order valence-electron chi connectivity index (χ4n) is 4.18. The lowest BCUT2D eigenvalue weighted by molar-refractivity contribution is -0.159. The number of hydrogen-bond donors (Lipinski definition) is 1. The predicted octanol–water partition coefficient (Wildman–Crippen LogP) is 4.70. The largest absolute Gasteiger partial charge is 0.479 e. The quantitative estimate of drug-likeness (QED) is 0.797. The van der Waals surface area contributed by atoms with E-state index in [1.807, 2.05) is 44.2 Å². The lowest BCUT2D eigenvalue weighted by atomic mass is 9.63. The molecule has 1 aromatic rings. The molecule has 2 atom stereocenters. The second-order valence-corrected chi connectivity index (χ2v) is 8.19. The third kappa shape index (κ3) is 4.19. The molecular weight excluding hydrogens is 330 g/mol. The van der Waals surface area contributed by atoms with E-state index >= 15 is 0 Å². The molecule has 0 aromatic heterocycles. The number of rotatable bonds is 6. The summed E-state index contributed by atoms with van der Waals surface area (Å²) in [5.41, 5.74) is -0.219. The van der Waals surface area contributed by atoms with Crippen molar-refractivity contribution < 1.29 is 19.4 Å². The molecule has 0 spiro atoms. The molecule has 0 heterocycles. The van der Waals surface area contributed by atoms with E-state index in [2.05, 4.69) is 13.8 Å². The Balaban J connectivity index is 2.23. The van der Waals surface area contributed by atoms with Crippen LogP contribution in [-0.2, 0) is 16.1 Å². The molecule has 1 amide bonds. The van der Waals surface area contributed by atoms with Gasteiger partial charge in [-0.3, -0.25) is 4.90 Å². The van der Waals surface area contributed by atoms with E-state index < -0.39 is 17.6 Å². The second-order valence-electron chi connectivity index (χ2n) is 8.19. The molecule has 1 aliphatic rings. The second kappa shape index (κ2) is 8.11. The number of carbonyl (C=O) groups excluding carboxylic acids is 1. The number of amides is 1. The first-order valence-corrected chi connectivity index (χ1v) is 9.44. The molecule has 2 rings (SSSR count). The van der Waals surface area contributed by atoms with Gasteiger partial charge >= 0.3 is 12.1 Å². The standard InChI is InChI=1S/C21H31NO4/c1-5-13-22(19(25)26-15-17-9-7-6-8-10-17)21(18(23)24)12-11-20(3,4)14-16(21)2/h6-10,16H,5,11-15H2,1-4H3,(H,23,24). The molecule has 1 fully saturated rings. The number of carboxylic acid groups (broad SMARTS) is 1. The van der Waals surface area contributed by atoms with Crippen molar-refractivity contribution in [2.75, 3.05) is 6.54 Å². The number of hydrogen-bond acceptors (Lipinski definition) is 3. The molecule has 144 valence electrons. The number of carbonyl (C=O) groups is 2. The van der Waals surface area contributed by atoms with Gasteiger partial charge in [0.2, 0.25) is 0 Å². The van der Waals surface area contributed by atoms with Crippen molar-refractivity contribution in [2.24, 2.45) is 11.3 Å². The maximum Gasteiger partial charge on any atom is 0.411 e. The zero-order valence-electron chi connectivity index (χ0n) is 16.3. The number of aliphatic carboxylic acids is 1. The number of ether oxygens (including phenoxy) is 1. The maximum atomic E-state index is 12.9. The van der Waals surface area contributed by atoms with Gasteiger partial charge in [0.15, 0.2) is 0 Å². The van der Waals surface area contributed by atoms with Crippen LogP contribution < -0.4 is 0 Å². The van der Waals surface area contributed by atoms with Crippen LogP contribution in [0.3, 0.4) is 0 Å². The summed E-state index contributed by atoms with van der Waals surface area (Å²) in [7, 11) is 0. The minimum atomic E-state index is -1.20. The third-order valence-corrected chi connectivity index (χ3v) is 5.58. The van der Waals surface area contributed by atoms with E-state index in [-0.39, 0.29) is 17.9 Å². The van der Waals surface area contributed by atoms with Crippen LogP contribution in [0.15, 0.2) is 30.3 Å². The molecule has 0 bridgehead atoms. The van der Waals surface area contributed by atoms with Gasteiger partial charge in [-0.15, -0.1) is 0 Å². The molecular formula is C21H31NO4. The van der Waals surface area contributed by atoms with Crippen LogP contribution in [0, 0.1) is 11.3 Å². The van der Waals surface area contributed by atoms with Crippen molar-refractivity contribution in [1.82, 2.24) is 4.90 Å². The Morgan fingerprint density at radius 2 is 1.88 bits per heavy atom. The van der Waals surface area contributed by atoms with E-state index in [1.165, 1.54) is 4.90 Å². The molecule has 1 aromatic carbocycles. The third-order valence-electron chi connectivity index (χ3n) is 5.58. The molecule has 1 aliphatic carbocycles. The summed E-state index contributed by atoms with van der Waals surface area (Å²) >= 11 is 0. The summed E-state index contributed by atoms with van der Waals surface area (Å²) in [6.07, 6.45) is 2.15. The highest BCUT2D eigenvalue weighted by molar-refractivity contribution is 5.85. The van der Waals surface area contributed by atoms with E-state index in [9.17, 15) is 14.7 Å². The van der Waals surface area contributed by atoms with Gasteiger partial charge in [-0.2, -0.15) is 0 Å². The highest BCUT2D eigenvalue weighted by atomic mass is 16.6. The van der Waals surface area contributed by atoms with Crippen LogP contribution in [-0.4, -0.2) is 34.2 Å². The molecule has 5 heteroatoms. The Morgan fingerprint density at radius 1 is 1.23 bits per heavy atom. The average Bonchev–Trinajstić information content (AvgIpc) is 2.58. The minimum Gasteiger partial charge on any atom is -0.479 e. The summed E-state index contributed by atoms with van der Waals surface area (Å²) in [5.74, 6) is -1.06. The van der Waals surface area contributed by atoms with Crippen LogP contribution in [0.4, 0.5) is 4.79 Å². The van der Waals surface area contributed by atoms with Gasteiger partial charge in [0.25, 0.3) is 0 Å². The topological polar surface area (TPSA) is 66.8 Å². The molecule has 2 unspecified atom stereocenters. The molecule has 1 saturated carbocycles. The van der Waals surface area contributed by atoms with Gasteiger partial charge in [-0.05, 0) is 42.6 Å². The van der Waals surface area contributed by atoms with Crippen LogP contribution >= 0.6 is 0 Å². The summed E-state index contributed by atoms with van der Waals surface area (Å²) in [6, 6.07) is 9.44. The summed E-state index contributed by atoms with van der Waals surface area (Å²) in [4.78, 5) is 26.7. The number of benzene rings is 1. The monoisotopic (exact) mass is 361 g/mol. The Bertz CT molecular complexity index is 628. The van der Waals surface area contributed by atoms with E-state index in [1.54, 1.807) is 0 Å². The lowest BCUT2D eigenvalue weighted by Crippen LogP contribution is -2.63. The SMILES string of the molecule is CCCN(C(=O)OCc1ccccc1)C1(C(=O)O)CCC(C)(C)CC1C. The first-order valence-electron chi connectivity index (χ1n) is 9.44. The smallest absolute Gasteiger partial charge is 0.411 e. The van der Waals surface area contributed by atoms with Gasteiger partial charge in [-0.1, -0.05) is 58.0 Å². The van der Waals surface area contributed by atoms with Crippen LogP contribution in [0.25, 0.3) is 0 Å². The predicted molar refractivity (Wildman–Crippen MR) is 101 cm³/mol.